The molecular formula is C12H21NO5. The minimum absolute atomic E-state index is 0.260. The summed E-state index contributed by atoms with van der Waals surface area (Å²) in [5.41, 5.74) is 0. The average Bonchev–Trinajstić information content (AvgIpc) is 2.52. The van der Waals surface area contributed by atoms with Gasteiger partial charge in [0.15, 0.2) is 0 Å². The molecule has 0 spiro atoms. The van der Waals surface area contributed by atoms with Crippen molar-refractivity contribution in [2.24, 2.45) is 11.8 Å². The molecule has 0 bridgehead atoms. The first kappa shape index (κ1) is 14.9. The van der Waals surface area contributed by atoms with Crippen molar-refractivity contribution < 1.29 is 24.2 Å². The van der Waals surface area contributed by atoms with E-state index in [-0.39, 0.29) is 6.61 Å². The highest BCUT2D eigenvalue weighted by molar-refractivity contribution is 5.82. The van der Waals surface area contributed by atoms with E-state index in [0.29, 0.717) is 6.54 Å². The molecule has 4 atom stereocenters. The average molecular weight is 259 g/mol. The molecule has 6 heteroatoms. The van der Waals surface area contributed by atoms with E-state index in [0.717, 1.165) is 0 Å². The van der Waals surface area contributed by atoms with Crippen LogP contribution in [0.15, 0.2) is 0 Å². The number of aliphatic carboxylic acids is 1. The van der Waals surface area contributed by atoms with Crippen molar-refractivity contribution in [2.75, 3.05) is 27.2 Å². The maximum absolute atomic E-state index is 11.9. The maximum Gasteiger partial charge on any atom is 0.312 e. The van der Waals surface area contributed by atoms with Crippen LogP contribution in [0.25, 0.3) is 0 Å². The molecule has 1 fully saturated rings. The van der Waals surface area contributed by atoms with Gasteiger partial charge in [-0.15, -0.1) is 0 Å². The second-order valence-corrected chi connectivity index (χ2v) is 4.91. The Bertz CT molecular complexity index is 318. The summed E-state index contributed by atoms with van der Waals surface area (Å²) in [7, 11) is 3.74. The van der Waals surface area contributed by atoms with E-state index in [9.17, 15) is 9.59 Å². The lowest BCUT2D eigenvalue weighted by atomic mass is 9.88. The summed E-state index contributed by atoms with van der Waals surface area (Å²) in [5.74, 6) is -3.05. The lowest BCUT2D eigenvalue weighted by Crippen LogP contribution is -2.35. The van der Waals surface area contributed by atoms with Crippen LogP contribution >= 0.6 is 0 Å². The molecule has 0 aromatic heterocycles. The van der Waals surface area contributed by atoms with Gasteiger partial charge in [0.25, 0.3) is 0 Å². The van der Waals surface area contributed by atoms with Crippen molar-refractivity contribution in [2.45, 2.75) is 26.1 Å². The van der Waals surface area contributed by atoms with Crippen LogP contribution in [-0.4, -0.2) is 61.4 Å². The second-order valence-electron chi connectivity index (χ2n) is 4.91. The smallest absolute Gasteiger partial charge is 0.312 e. The number of rotatable bonds is 5. The quantitative estimate of drug-likeness (QED) is 0.712. The van der Waals surface area contributed by atoms with Crippen molar-refractivity contribution in [1.82, 2.24) is 4.90 Å². The first-order valence-electron chi connectivity index (χ1n) is 6.04. The summed E-state index contributed by atoms with van der Waals surface area (Å²) in [4.78, 5) is 25.0. The van der Waals surface area contributed by atoms with Crippen LogP contribution in [0.2, 0.25) is 0 Å². The molecule has 18 heavy (non-hydrogen) atoms. The van der Waals surface area contributed by atoms with E-state index in [1.54, 1.807) is 13.8 Å². The Hall–Kier alpha value is -1.14. The predicted octanol–water partition coefficient (Wildman–Crippen LogP) is 0.215. The third kappa shape index (κ3) is 3.43. The fourth-order valence-electron chi connectivity index (χ4n) is 2.21. The molecule has 1 rings (SSSR count). The summed E-state index contributed by atoms with van der Waals surface area (Å²) in [6, 6.07) is 0. The molecule has 0 saturated carbocycles. The summed E-state index contributed by atoms with van der Waals surface area (Å²) >= 11 is 0. The monoisotopic (exact) mass is 259 g/mol. The summed E-state index contributed by atoms with van der Waals surface area (Å²) in [6.45, 7) is 4.25. The Morgan fingerprint density at radius 3 is 2.28 bits per heavy atom. The van der Waals surface area contributed by atoms with Crippen LogP contribution < -0.4 is 0 Å². The van der Waals surface area contributed by atoms with Crippen molar-refractivity contribution >= 4 is 11.9 Å². The predicted molar refractivity (Wildman–Crippen MR) is 64.1 cm³/mol. The number of likely N-dealkylation sites (N-methyl/N-ethyl adjacent to an activating group) is 1. The zero-order chi connectivity index (χ0) is 13.9. The Morgan fingerprint density at radius 2 is 1.78 bits per heavy atom. The minimum Gasteiger partial charge on any atom is -0.481 e. The van der Waals surface area contributed by atoms with Gasteiger partial charge in [0, 0.05) is 6.54 Å². The van der Waals surface area contributed by atoms with E-state index in [2.05, 4.69) is 0 Å². The lowest BCUT2D eigenvalue weighted by Gasteiger charge is -2.18. The van der Waals surface area contributed by atoms with E-state index in [1.165, 1.54) is 0 Å². The number of hydrogen-bond acceptors (Lipinski definition) is 5. The van der Waals surface area contributed by atoms with Crippen molar-refractivity contribution in [3.05, 3.63) is 0 Å². The van der Waals surface area contributed by atoms with E-state index < -0.39 is 36.0 Å². The molecule has 6 nitrogen and oxygen atoms in total. The highest BCUT2D eigenvalue weighted by Gasteiger charge is 2.49. The molecule has 4 unspecified atom stereocenters. The molecule has 0 amide bonds. The molecule has 0 aromatic carbocycles. The SMILES string of the molecule is CC1OC(C)C(C(=O)OCCN(C)C)C1C(=O)O. The van der Waals surface area contributed by atoms with Gasteiger partial charge >= 0.3 is 11.9 Å². The van der Waals surface area contributed by atoms with Crippen LogP contribution in [0.4, 0.5) is 0 Å². The van der Waals surface area contributed by atoms with Crippen LogP contribution in [-0.2, 0) is 19.1 Å². The first-order chi connectivity index (χ1) is 8.34. The fourth-order valence-corrected chi connectivity index (χ4v) is 2.21. The molecule has 1 saturated heterocycles. The van der Waals surface area contributed by atoms with Crippen molar-refractivity contribution in [1.29, 1.82) is 0 Å². The summed E-state index contributed by atoms with van der Waals surface area (Å²) < 4.78 is 10.5. The van der Waals surface area contributed by atoms with E-state index in [4.69, 9.17) is 14.6 Å². The maximum atomic E-state index is 11.9. The standard InChI is InChI=1S/C12H21NO5/c1-7-9(11(14)15)10(8(2)18-7)12(16)17-6-5-13(3)4/h7-10H,5-6H2,1-4H3,(H,14,15). The van der Waals surface area contributed by atoms with Gasteiger partial charge in [0.1, 0.15) is 6.61 Å². The topological polar surface area (TPSA) is 76.1 Å². The molecule has 0 radical (unpaired) electrons. The first-order valence-corrected chi connectivity index (χ1v) is 6.04. The number of carboxylic acids is 1. The fraction of sp³-hybridized carbons (Fsp3) is 0.833. The third-order valence-corrected chi connectivity index (χ3v) is 3.17. The summed E-state index contributed by atoms with van der Waals surface area (Å²) in [6.07, 6.45) is -0.892. The van der Waals surface area contributed by atoms with Gasteiger partial charge in [-0.3, -0.25) is 9.59 Å². The van der Waals surface area contributed by atoms with Gasteiger partial charge < -0.3 is 19.5 Å². The molecule has 1 aliphatic rings. The highest BCUT2D eigenvalue weighted by atomic mass is 16.5. The van der Waals surface area contributed by atoms with Gasteiger partial charge in [-0.2, -0.15) is 0 Å². The van der Waals surface area contributed by atoms with Gasteiger partial charge in [-0.1, -0.05) is 0 Å². The summed E-state index contributed by atoms with van der Waals surface area (Å²) in [5, 5.41) is 9.14. The number of hydrogen-bond donors (Lipinski definition) is 1. The Morgan fingerprint density at radius 1 is 1.22 bits per heavy atom. The molecule has 1 heterocycles. The number of ether oxygens (including phenoxy) is 2. The molecule has 104 valence electrons. The molecular weight excluding hydrogens is 238 g/mol. The highest BCUT2D eigenvalue weighted by Crippen LogP contribution is 2.33. The molecule has 0 aliphatic carbocycles. The van der Waals surface area contributed by atoms with Crippen LogP contribution in [0.1, 0.15) is 13.8 Å². The number of nitrogens with zero attached hydrogens (tertiary/aromatic N) is 1. The van der Waals surface area contributed by atoms with Crippen LogP contribution in [0.3, 0.4) is 0 Å². The molecule has 0 aromatic rings. The Labute approximate surface area is 107 Å². The Balaban J connectivity index is 2.61. The molecule has 1 aliphatic heterocycles. The largest absolute Gasteiger partial charge is 0.481 e. The van der Waals surface area contributed by atoms with Crippen LogP contribution in [0, 0.1) is 11.8 Å². The van der Waals surface area contributed by atoms with E-state index >= 15 is 0 Å². The number of carboxylic acid groups (broad SMARTS) is 1. The third-order valence-electron chi connectivity index (χ3n) is 3.17. The van der Waals surface area contributed by atoms with Crippen molar-refractivity contribution in [3.8, 4) is 0 Å². The number of carbonyl (C=O) groups is 2. The molecule has 1 N–H and O–H groups in total. The number of esters is 1. The van der Waals surface area contributed by atoms with Gasteiger partial charge in [0.2, 0.25) is 0 Å². The van der Waals surface area contributed by atoms with Gasteiger partial charge in [-0.05, 0) is 27.9 Å². The second kappa shape index (κ2) is 6.15. The van der Waals surface area contributed by atoms with Crippen LogP contribution in [0.5, 0.6) is 0 Å². The number of carbonyl (C=O) groups excluding carboxylic acids is 1. The zero-order valence-corrected chi connectivity index (χ0v) is 11.3. The lowest BCUT2D eigenvalue weighted by molar-refractivity contribution is -0.157. The Kier molecular flexibility index (Phi) is 5.10. The normalized spacial score (nSPS) is 31.6. The minimum atomic E-state index is -1.01. The zero-order valence-electron chi connectivity index (χ0n) is 11.3. The van der Waals surface area contributed by atoms with E-state index in [1.807, 2.05) is 19.0 Å². The van der Waals surface area contributed by atoms with Gasteiger partial charge in [-0.25, -0.2) is 0 Å². The van der Waals surface area contributed by atoms with Gasteiger partial charge in [0.05, 0.1) is 24.0 Å². The van der Waals surface area contributed by atoms with Crippen molar-refractivity contribution in [3.63, 3.8) is 0 Å².